The van der Waals surface area contributed by atoms with Crippen LogP contribution < -0.4 is 5.32 Å². The summed E-state index contributed by atoms with van der Waals surface area (Å²) in [5.74, 6) is 0.583. The molecule has 0 unspecified atom stereocenters. The minimum Gasteiger partial charge on any atom is -0.324 e. The molecule has 2 aromatic carbocycles. The molecule has 146 valence electrons. The number of aryl methyl sites for hydroxylation is 1. The van der Waals surface area contributed by atoms with Gasteiger partial charge in [0.1, 0.15) is 0 Å². The van der Waals surface area contributed by atoms with Crippen LogP contribution in [0.4, 0.5) is 5.69 Å². The highest BCUT2D eigenvalue weighted by molar-refractivity contribution is 6.04. The lowest BCUT2D eigenvalue weighted by Crippen LogP contribution is -2.11. The Labute approximate surface area is 172 Å². The molecule has 7 nitrogen and oxygen atoms in total. The summed E-state index contributed by atoms with van der Waals surface area (Å²) in [6, 6.07) is 22.8. The predicted molar refractivity (Wildman–Crippen MR) is 115 cm³/mol. The highest BCUT2D eigenvalue weighted by Gasteiger charge is 2.08. The molecule has 1 N–H and O–H groups in total. The first-order chi connectivity index (χ1) is 14.7. The van der Waals surface area contributed by atoms with E-state index in [9.17, 15) is 4.79 Å². The van der Waals surface area contributed by atoms with Gasteiger partial charge in [0.05, 0.1) is 5.69 Å². The lowest BCUT2D eigenvalue weighted by atomic mass is 10.1. The van der Waals surface area contributed by atoms with Crippen molar-refractivity contribution in [3.05, 3.63) is 96.6 Å². The van der Waals surface area contributed by atoms with Crippen LogP contribution in [0.2, 0.25) is 0 Å². The van der Waals surface area contributed by atoms with Crippen molar-refractivity contribution in [2.45, 2.75) is 6.92 Å². The average Bonchev–Trinajstić information content (AvgIpc) is 3.45. The topological polar surface area (TPSA) is 77.1 Å². The Kier molecular flexibility index (Phi) is 4.33. The summed E-state index contributed by atoms with van der Waals surface area (Å²) in [5.41, 5.74) is 4.80. The van der Waals surface area contributed by atoms with E-state index >= 15 is 0 Å². The second-order valence-electron chi connectivity index (χ2n) is 6.90. The Hall–Kier alpha value is -4.26. The Morgan fingerprint density at radius 3 is 2.33 bits per heavy atom. The molecule has 0 saturated heterocycles. The molecule has 0 spiro atoms. The van der Waals surface area contributed by atoms with Crippen molar-refractivity contribution >= 4 is 17.2 Å². The number of hydrogen-bond acceptors (Lipinski definition) is 4. The maximum Gasteiger partial charge on any atom is 0.255 e. The predicted octanol–water partition coefficient (Wildman–Crippen LogP) is 4.14. The molecule has 0 aliphatic heterocycles. The SMILES string of the molecule is Cc1nnc2ccc(-c3ccc(NC(=O)c4ccc(-n5cccc5)cc4)cc3)nn12. The molecule has 30 heavy (non-hydrogen) atoms. The van der Waals surface area contributed by atoms with E-state index < -0.39 is 0 Å². The lowest BCUT2D eigenvalue weighted by molar-refractivity contribution is 0.102. The molecule has 0 atom stereocenters. The summed E-state index contributed by atoms with van der Waals surface area (Å²) in [7, 11) is 0. The Bertz CT molecular complexity index is 1320. The van der Waals surface area contributed by atoms with E-state index in [1.54, 1.807) is 4.52 Å². The monoisotopic (exact) mass is 394 g/mol. The van der Waals surface area contributed by atoms with Crippen LogP contribution in [-0.2, 0) is 0 Å². The van der Waals surface area contributed by atoms with Crippen molar-refractivity contribution in [3.8, 4) is 16.9 Å². The number of hydrogen-bond donors (Lipinski definition) is 1. The molecule has 1 amide bonds. The minimum absolute atomic E-state index is 0.151. The van der Waals surface area contributed by atoms with Crippen LogP contribution in [0.15, 0.2) is 85.2 Å². The summed E-state index contributed by atoms with van der Waals surface area (Å²) in [5, 5.41) is 15.6. The van der Waals surface area contributed by atoms with Crippen molar-refractivity contribution in [1.29, 1.82) is 0 Å². The minimum atomic E-state index is -0.151. The van der Waals surface area contributed by atoms with Crippen LogP contribution in [0.5, 0.6) is 0 Å². The number of nitrogens with one attached hydrogen (secondary N) is 1. The van der Waals surface area contributed by atoms with Gasteiger partial charge in [0.2, 0.25) is 0 Å². The van der Waals surface area contributed by atoms with Gasteiger partial charge < -0.3 is 9.88 Å². The molecular formula is C23H18N6O. The van der Waals surface area contributed by atoms with Crippen LogP contribution in [0.3, 0.4) is 0 Å². The number of benzene rings is 2. The number of nitrogens with zero attached hydrogens (tertiary/aromatic N) is 5. The third-order valence-corrected chi connectivity index (χ3v) is 4.89. The van der Waals surface area contributed by atoms with E-state index in [1.165, 1.54) is 0 Å². The molecule has 0 radical (unpaired) electrons. The van der Waals surface area contributed by atoms with E-state index in [0.29, 0.717) is 11.2 Å². The number of amides is 1. The van der Waals surface area contributed by atoms with Crippen LogP contribution in [0.1, 0.15) is 16.2 Å². The standard InChI is InChI=1S/C23H18N6O/c1-16-25-26-22-13-12-21(27-29(16)22)17-4-8-19(9-5-17)24-23(30)18-6-10-20(11-7-18)28-14-2-3-15-28/h2-15H,1H3,(H,24,30). The molecule has 0 aliphatic carbocycles. The highest BCUT2D eigenvalue weighted by Crippen LogP contribution is 2.21. The third kappa shape index (κ3) is 3.33. The molecule has 0 saturated carbocycles. The first-order valence-corrected chi connectivity index (χ1v) is 9.52. The van der Waals surface area contributed by atoms with Crippen LogP contribution in [-0.4, -0.2) is 30.3 Å². The Balaban J connectivity index is 1.31. The molecule has 0 bridgehead atoms. The first kappa shape index (κ1) is 17.8. The molecular weight excluding hydrogens is 376 g/mol. The van der Waals surface area contributed by atoms with Crippen molar-refractivity contribution in [2.75, 3.05) is 5.32 Å². The molecule has 5 aromatic rings. The second kappa shape index (κ2) is 7.29. The number of rotatable bonds is 4. The van der Waals surface area contributed by atoms with Gasteiger partial charge >= 0.3 is 0 Å². The lowest BCUT2D eigenvalue weighted by Gasteiger charge is -2.08. The van der Waals surface area contributed by atoms with E-state index in [-0.39, 0.29) is 5.91 Å². The fourth-order valence-electron chi connectivity index (χ4n) is 3.27. The van der Waals surface area contributed by atoms with Crippen molar-refractivity contribution < 1.29 is 4.79 Å². The summed E-state index contributed by atoms with van der Waals surface area (Å²) >= 11 is 0. The summed E-state index contributed by atoms with van der Waals surface area (Å²) < 4.78 is 3.70. The van der Waals surface area contributed by atoms with Gasteiger partial charge in [0.25, 0.3) is 5.91 Å². The summed E-state index contributed by atoms with van der Waals surface area (Å²) in [6.45, 7) is 1.86. The molecule has 0 fully saturated rings. The van der Waals surface area contributed by atoms with Crippen LogP contribution in [0.25, 0.3) is 22.6 Å². The zero-order chi connectivity index (χ0) is 20.5. The van der Waals surface area contributed by atoms with E-state index in [2.05, 4.69) is 20.6 Å². The molecule has 3 heterocycles. The number of fused-ring (bicyclic) bond motifs is 1. The molecule has 3 aromatic heterocycles. The number of carbonyl (C=O) groups excluding carboxylic acids is 1. The first-order valence-electron chi connectivity index (χ1n) is 9.52. The molecule has 0 aliphatic rings. The fourth-order valence-corrected chi connectivity index (χ4v) is 3.27. The Morgan fingerprint density at radius 1 is 0.867 bits per heavy atom. The number of carbonyl (C=O) groups is 1. The molecule has 7 heteroatoms. The van der Waals surface area contributed by atoms with Gasteiger partial charge in [0.15, 0.2) is 11.5 Å². The Morgan fingerprint density at radius 2 is 1.60 bits per heavy atom. The van der Waals surface area contributed by atoms with Gasteiger partial charge in [-0.1, -0.05) is 12.1 Å². The van der Waals surface area contributed by atoms with E-state index in [4.69, 9.17) is 0 Å². The van der Waals surface area contributed by atoms with Gasteiger partial charge in [-0.05, 0) is 67.6 Å². The van der Waals surface area contributed by atoms with Gasteiger partial charge in [-0.3, -0.25) is 4.79 Å². The van der Waals surface area contributed by atoms with Gasteiger partial charge in [-0.2, -0.15) is 9.61 Å². The fraction of sp³-hybridized carbons (Fsp3) is 0.0435. The largest absolute Gasteiger partial charge is 0.324 e. The third-order valence-electron chi connectivity index (χ3n) is 4.89. The van der Waals surface area contributed by atoms with Crippen LogP contribution in [0, 0.1) is 6.92 Å². The average molecular weight is 394 g/mol. The smallest absolute Gasteiger partial charge is 0.255 e. The maximum absolute atomic E-state index is 12.6. The van der Waals surface area contributed by atoms with Crippen molar-refractivity contribution in [2.24, 2.45) is 0 Å². The highest BCUT2D eigenvalue weighted by atomic mass is 16.1. The van der Waals surface area contributed by atoms with E-state index in [1.807, 2.05) is 96.7 Å². The van der Waals surface area contributed by atoms with Crippen LogP contribution >= 0.6 is 0 Å². The molecule has 5 rings (SSSR count). The van der Waals surface area contributed by atoms with Crippen molar-refractivity contribution in [3.63, 3.8) is 0 Å². The number of aromatic nitrogens is 5. The van der Waals surface area contributed by atoms with Crippen molar-refractivity contribution in [1.82, 2.24) is 24.4 Å². The van der Waals surface area contributed by atoms with E-state index in [0.717, 1.165) is 28.5 Å². The summed E-state index contributed by atoms with van der Waals surface area (Å²) in [6.07, 6.45) is 3.93. The zero-order valence-electron chi connectivity index (χ0n) is 16.2. The number of anilines is 1. The summed E-state index contributed by atoms with van der Waals surface area (Å²) in [4.78, 5) is 12.6. The van der Waals surface area contributed by atoms with Gasteiger partial charge in [-0.25, -0.2) is 0 Å². The zero-order valence-corrected chi connectivity index (χ0v) is 16.2. The maximum atomic E-state index is 12.6. The van der Waals surface area contributed by atoms with Gasteiger partial charge in [-0.15, -0.1) is 10.2 Å². The normalized spacial score (nSPS) is 11.0. The van der Waals surface area contributed by atoms with Gasteiger partial charge in [0, 0.05) is 34.9 Å². The quantitative estimate of drug-likeness (QED) is 0.497. The second-order valence-corrected chi connectivity index (χ2v) is 6.90.